The van der Waals surface area contributed by atoms with Crippen LogP contribution in [-0.4, -0.2) is 6.54 Å². The van der Waals surface area contributed by atoms with Crippen molar-refractivity contribution < 1.29 is 0 Å². The molecule has 13 heavy (non-hydrogen) atoms. The Kier molecular flexibility index (Phi) is 2.18. The Morgan fingerprint density at radius 2 is 2.38 bits per heavy atom. The molecule has 0 unspecified atom stereocenters. The third-order valence-electron chi connectivity index (χ3n) is 2.39. The molecule has 1 aliphatic heterocycles. The molecule has 0 atom stereocenters. The number of rotatable bonds is 1. The summed E-state index contributed by atoms with van der Waals surface area (Å²) in [7, 11) is 0. The SMILES string of the molecule is N#CCc1ccc2c(c1)CCCN2. The van der Waals surface area contributed by atoms with Crippen LogP contribution in [-0.2, 0) is 12.8 Å². The number of anilines is 1. The van der Waals surface area contributed by atoms with Gasteiger partial charge >= 0.3 is 0 Å². The van der Waals surface area contributed by atoms with Crippen LogP contribution in [0.2, 0.25) is 0 Å². The molecule has 0 bridgehead atoms. The van der Waals surface area contributed by atoms with Gasteiger partial charge in [0.1, 0.15) is 0 Å². The van der Waals surface area contributed by atoms with Crippen LogP contribution in [0.1, 0.15) is 17.5 Å². The van der Waals surface area contributed by atoms with Gasteiger partial charge in [0.15, 0.2) is 0 Å². The Morgan fingerprint density at radius 1 is 1.46 bits per heavy atom. The van der Waals surface area contributed by atoms with E-state index in [1.165, 1.54) is 17.7 Å². The number of nitrogens with zero attached hydrogens (tertiary/aromatic N) is 1. The molecule has 1 heterocycles. The van der Waals surface area contributed by atoms with Crippen LogP contribution in [0.25, 0.3) is 0 Å². The molecule has 0 radical (unpaired) electrons. The van der Waals surface area contributed by atoms with Crippen LogP contribution in [0.4, 0.5) is 5.69 Å². The molecule has 2 rings (SSSR count). The van der Waals surface area contributed by atoms with E-state index in [2.05, 4.69) is 23.5 Å². The Morgan fingerprint density at radius 3 is 3.23 bits per heavy atom. The third kappa shape index (κ3) is 1.65. The summed E-state index contributed by atoms with van der Waals surface area (Å²) in [5.41, 5.74) is 3.73. The first kappa shape index (κ1) is 8.12. The summed E-state index contributed by atoms with van der Waals surface area (Å²) in [5, 5.41) is 11.9. The zero-order valence-corrected chi connectivity index (χ0v) is 7.51. The maximum absolute atomic E-state index is 8.56. The van der Waals surface area contributed by atoms with Gasteiger partial charge in [-0.25, -0.2) is 0 Å². The van der Waals surface area contributed by atoms with Gasteiger partial charge in [-0.2, -0.15) is 5.26 Å². The predicted octanol–water partition coefficient (Wildman–Crippen LogP) is 2.11. The number of nitriles is 1. The summed E-state index contributed by atoms with van der Waals surface area (Å²) >= 11 is 0. The van der Waals surface area contributed by atoms with E-state index in [9.17, 15) is 0 Å². The molecule has 0 amide bonds. The lowest BCUT2D eigenvalue weighted by molar-refractivity contribution is 0.828. The monoisotopic (exact) mass is 172 g/mol. The molecule has 0 saturated heterocycles. The minimum Gasteiger partial charge on any atom is -0.385 e. The van der Waals surface area contributed by atoms with Crippen LogP contribution in [0.3, 0.4) is 0 Å². The molecule has 1 aromatic carbocycles. The first-order valence-corrected chi connectivity index (χ1v) is 4.63. The molecule has 1 aromatic rings. The van der Waals surface area contributed by atoms with Crippen LogP contribution < -0.4 is 5.32 Å². The predicted molar refractivity (Wildman–Crippen MR) is 52.6 cm³/mol. The minimum atomic E-state index is 0.521. The molecule has 0 aromatic heterocycles. The maximum Gasteiger partial charge on any atom is 0.0669 e. The maximum atomic E-state index is 8.56. The lowest BCUT2D eigenvalue weighted by Gasteiger charge is -2.18. The van der Waals surface area contributed by atoms with Crippen molar-refractivity contribution in [2.24, 2.45) is 0 Å². The summed E-state index contributed by atoms with van der Waals surface area (Å²) in [6.45, 7) is 1.07. The summed E-state index contributed by atoms with van der Waals surface area (Å²) in [5.74, 6) is 0. The van der Waals surface area contributed by atoms with Crippen LogP contribution in [0.5, 0.6) is 0 Å². The molecular formula is C11H12N2. The van der Waals surface area contributed by atoms with Crippen molar-refractivity contribution in [1.29, 1.82) is 5.26 Å². The van der Waals surface area contributed by atoms with Gasteiger partial charge in [-0.05, 0) is 30.0 Å². The molecule has 0 spiro atoms. The lowest BCUT2D eigenvalue weighted by Crippen LogP contribution is -2.11. The molecule has 0 saturated carbocycles. The van der Waals surface area contributed by atoms with Crippen molar-refractivity contribution >= 4 is 5.69 Å². The first-order chi connectivity index (χ1) is 6.40. The van der Waals surface area contributed by atoms with Gasteiger partial charge in [-0.3, -0.25) is 0 Å². The molecular weight excluding hydrogens is 160 g/mol. The Balaban J connectivity index is 2.31. The standard InChI is InChI=1S/C11H12N2/c12-6-5-9-3-4-11-10(8-9)2-1-7-13-11/h3-4,8,13H,1-2,5,7H2. The highest BCUT2D eigenvalue weighted by molar-refractivity contribution is 5.54. The highest BCUT2D eigenvalue weighted by Gasteiger charge is 2.07. The van der Waals surface area contributed by atoms with Gasteiger partial charge < -0.3 is 5.32 Å². The van der Waals surface area contributed by atoms with Crippen molar-refractivity contribution in [2.75, 3.05) is 11.9 Å². The minimum absolute atomic E-state index is 0.521. The number of nitrogens with one attached hydrogen (secondary N) is 1. The van der Waals surface area contributed by atoms with Crippen LogP contribution >= 0.6 is 0 Å². The van der Waals surface area contributed by atoms with Crippen molar-refractivity contribution in [3.63, 3.8) is 0 Å². The summed E-state index contributed by atoms with van der Waals surface area (Å²) < 4.78 is 0. The second-order valence-electron chi connectivity index (χ2n) is 3.36. The van der Waals surface area contributed by atoms with Gasteiger partial charge in [0.2, 0.25) is 0 Å². The fraction of sp³-hybridized carbons (Fsp3) is 0.364. The van der Waals surface area contributed by atoms with Crippen LogP contribution in [0.15, 0.2) is 18.2 Å². The molecule has 1 N–H and O–H groups in total. The molecule has 0 aliphatic carbocycles. The molecule has 0 fully saturated rings. The van der Waals surface area contributed by atoms with Crippen molar-refractivity contribution in [3.05, 3.63) is 29.3 Å². The van der Waals surface area contributed by atoms with E-state index in [1.807, 2.05) is 6.07 Å². The Hall–Kier alpha value is -1.49. The summed E-state index contributed by atoms with van der Waals surface area (Å²) in [4.78, 5) is 0. The molecule has 2 nitrogen and oxygen atoms in total. The normalized spacial score (nSPS) is 14.1. The Labute approximate surface area is 78.2 Å². The zero-order chi connectivity index (χ0) is 9.10. The molecule has 2 heteroatoms. The lowest BCUT2D eigenvalue weighted by atomic mass is 10.00. The van der Waals surface area contributed by atoms with E-state index >= 15 is 0 Å². The smallest absolute Gasteiger partial charge is 0.0669 e. The van der Waals surface area contributed by atoms with Crippen LogP contribution in [0, 0.1) is 11.3 Å². The molecule has 1 aliphatic rings. The van der Waals surface area contributed by atoms with E-state index in [0.717, 1.165) is 18.5 Å². The number of benzene rings is 1. The number of aryl methyl sites for hydroxylation is 1. The first-order valence-electron chi connectivity index (χ1n) is 4.63. The summed E-state index contributed by atoms with van der Waals surface area (Å²) in [6, 6.07) is 8.43. The van der Waals surface area contributed by atoms with E-state index in [-0.39, 0.29) is 0 Å². The van der Waals surface area contributed by atoms with Crippen molar-refractivity contribution in [1.82, 2.24) is 0 Å². The van der Waals surface area contributed by atoms with E-state index in [4.69, 9.17) is 5.26 Å². The average molecular weight is 172 g/mol. The highest BCUT2D eigenvalue weighted by atomic mass is 14.9. The van der Waals surface area contributed by atoms with Gasteiger partial charge in [0.05, 0.1) is 12.5 Å². The van der Waals surface area contributed by atoms with E-state index < -0.39 is 0 Å². The van der Waals surface area contributed by atoms with Gasteiger partial charge in [0, 0.05) is 12.2 Å². The third-order valence-corrected chi connectivity index (χ3v) is 2.39. The highest BCUT2D eigenvalue weighted by Crippen LogP contribution is 2.22. The average Bonchev–Trinajstić information content (AvgIpc) is 2.18. The fourth-order valence-electron chi connectivity index (χ4n) is 1.73. The molecule has 66 valence electrons. The van der Waals surface area contributed by atoms with Gasteiger partial charge in [-0.1, -0.05) is 12.1 Å². The van der Waals surface area contributed by atoms with Gasteiger partial charge in [0.25, 0.3) is 0 Å². The van der Waals surface area contributed by atoms with Gasteiger partial charge in [-0.15, -0.1) is 0 Å². The topological polar surface area (TPSA) is 35.8 Å². The van der Waals surface area contributed by atoms with E-state index in [1.54, 1.807) is 0 Å². The zero-order valence-electron chi connectivity index (χ0n) is 7.51. The largest absolute Gasteiger partial charge is 0.385 e. The number of hydrogen-bond donors (Lipinski definition) is 1. The summed E-state index contributed by atoms with van der Waals surface area (Å²) in [6.07, 6.45) is 2.86. The second-order valence-corrected chi connectivity index (χ2v) is 3.36. The van der Waals surface area contributed by atoms with E-state index in [0.29, 0.717) is 6.42 Å². The quantitative estimate of drug-likeness (QED) is 0.704. The fourth-order valence-corrected chi connectivity index (χ4v) is 1.73. The Bertz CT molecular complexity index is 350. The van der Waals surface area contributed by atoms with Crippen molar-refractivity contribution in [3.8, 4) is 6.07 Å². The number of fused-ring (bicyclic) bond motifs is 1. The van der Waals surface area contributed by atoms with Crippen molar-refractivity contribution in [2.45, 2.75) is 19.3 Å². The second kappa shape index (κ2) is 3.49. The number of hydrogen-bond acceptors (Lipinski definition) is 2.